The van der Waals surface area contributed by atoms with Gasteiger partial charge in [0.25, 0.3) is 5.91 Å². The molecule has 2 aromatic rings. The second-order valence-corrected chi connectivity index (χ2v) is 6.91. The fraction of sp³-hybridized carbons (Fsp3) is 0.412. The normalized spacial score (nSPS) is 17.0. The first-order valence-corrected chi connectivity index (χ1v) is 9.22. The predicted octanol–water partition coefficient (Wildman–Crippen LogP) is 1.65. The Balaban J connectivity index is 1.53. The van der Waals surface area contributed by atoms with E-state index in [-0.39, 0.29) is 23.6 Å². The number of nitrogens with zero attached hydrogens (tertiary/aromatic N) is 3. The van der Waals surface area contributed by atoms with Gasteiger partial charge >= 0.3 is 0 Å². The van der Waals surface area contributed by atoms with Gasteiger partial charge in [0.1, 0.15) is 11.5 Å². The van der Waals surface area contributed by atoms with E-state index in [1.165, 1.54) is 18.3 Å². The second-order valence-electron chi connectivity index (χ2n) is 6.05. The van der Waals surface area contributed by atoms with E-state index in [1.807, 2.05) is 19.1 Å². The van der Waals surface area contributed by atoms with E-state index in [4.69, 9.17) is 4.74 Å². The molecule has 2 aromatic heterocycles. The van der Waals surface area contributed by atoms with Crippen molar-refractivity contribution < 1.29 is 14.3 Å². The third-order valence-corrected chi connectivity index (χ3v) is 4.60. The number of amides is 2. The van der Waals surface area contributed by atoms with Crippen LogP contribution in [0.3, 0.4) is 0 Å². The van der Waals surface area contributed by atoms with Gasteiger partial charge in [-0.1, -0.05) is 6.07 Å². The molecule has 26 heavy (non-hydrogen) atoms. The first-order chi connectivity index (χ1) is 12.5. The topological polar surface area (TPSA) is 96.5 Å². The van der Waals surface area contributed by atoms with Gasteiger partial charge in [0.15, 0.2) is 5.13 Å². The van der Waals surface area contributed by atoms with Gasteiger partial charge in [0.05, 0.1) is 12.7 Å². The van der Waals surface area contributed by atoms with Crippen LogP contribution in [0.5, 0.6) is 0 Å². The number of hydrogen-bond acceptors (Lipinski definition) is 7. The summed E-state index contributed by atoms with van der Waals surface area (Å²) in [7, 11) is 0. The monoisotopic (exact) mass is 375 g/mol. The number of ether oxygens (including phenoxy) is 1. The van der Waals surface area contributed by atoms with Crippen molar-refractivity contribution in [2.24, 2.45) is 0 Å². The summed E-state index contributed by atoms with van der Waals surface area (Å²) in [5.41, 5.74) is 1.19. The molecule has 0 bridgehead atoms. The van der Waals surface area contributed by atoms with E-state index in [1.54, 1.807) is 11.6 Å². The van der Waals surface area contributed by atoms with E-state index in [0.717, 1.165) is 24.5 Å². The Kier molecular flexibility index (Phi) is 5.79. The molecular formula is C17H21N5O3S. The van der Waals surface area contributed by atoms with Crippen LogP contribution < -0.4 is 15.5 Å². The zero-order valence-corrected chi connectivity index (χ0v) is 15.5. The van der Waals surface area contributed by atoms with E-state index in [0.29, 0.717) is 18.3 Å². The lowest BCUT2D eigenvalue weighted by Crippen LogP contribution is -2.41. The largest absolute Gasteiger partial charge is 0.375 e. The number of carbonyl (C=O) groups is 2. The van der Waals surface area contributed by atoms with Crippen molar-refractivity contribution in [3.8, 4) is 0 Å². The summed E-state index contributed by atoms with van der Waals surface area (Å²) in [6.45, 7) is 6.16. The zero-order chi connectivity index (χ0) is 18.5. The molecule has 0 aromatic carbocycles. The third kappa shape index (κ3) is 4.77. The molecule has 1 saturated heterocycles. The van der Waals surface area contributed by atoms with Crippen molar-refractivity contribution in [2.75, 3.05) is 29.9 Å². The molecule has 3 heterocycles. The van der Waals surface area contributed by atoms with Crippen LogP contribution in [0.4, 0.5) is 10.9 Å². The summed E-state index contributed by atoms with van der Waals surface area (Å²) in [5.74, 6) is 0.408. The van der Waals surface area contributed by atoms with Crippen LogP contribution in [0.25, 0.3) is 0 Å². The fourth-order valence-corrected chi connectivity index (χ4v) is 3.33. The van der Waals surface area contributed by atoms with Gasteiger partial charge in [-0.2, -0.15) is 0 Å². The average molecular weight is 375 g/mol. The maximum Gasteiger partial charge on any atom is 0.271 e. The summed E-state index contributed by atoms with van der Waals surface area (Å²) >= 11 is 1.21. The van der Waals surface area contributed by atoms with Crippen LogP contribution >= 0.6 is 11.3 Å². The van der Waals surface area contributed by atoms with Crippen LogP contribution in [0.15, 0.2) is 23.7 Å². The molecule has 1 atom stereocenters. The molecule has 3 rings (SSSR count). The number of hydrogen-bond donors (Lipinski definition) is 2. The van der Waals surface area contributed by atoms with Crippen LogP contribution in [-0.4, -0.2) is 47.6 Å². The summed E-state index contributed by atoms with van der Waals surface area (Å²) in [6, 6.07) is 3.91. The molecule has 8 nitrogen and oxygen atoms in total. The smallest absolute Gasteiger partial charge is 0.271 e. The van der Waals surface area contributed by atoms with Crippen LogP contribution in [-0.2, 0) is 16.1 Å². The van der Waals surface area contributed by atoms with E-state index in [2.05, 4.69) is 25.5 Å². The minimum absolute atomic E-state index is 0.199. The lowest BCUT2D eigenvalue weighted by molar-refractivity contribution is -0.114. The molecule has 1 fully saturated rings. The minimum atomic E-state index is -0.288. The van der Waals surface area contributed by atoms with Crippen molar-refractivity contribution in [3.63, 3.8) is 0 Å². The Morgan fingerprint density at radius 1 is 1.42 bits per heavy atom. The lowest BCUT2D eigenvalue weighted by Gasteiger charge is -2.32. The van der Waals surface area contributed by atoms with Gasteiger partial charge in [-0.3, -0.25) is 9.59 Å². The summed E-state index contributed by atoms with van der Waals surface area (Å²) in [4.78, 5) is 33.9. The average Bonchev–Trinajstić information content (AvgIpc) is 3.08. The minimum Gasteiger partial charge on any atom is -0.375 e. The highest BCUT2D eigenvalue weighted by atomic mass is 32.1. The van der Waals surface area contributed by atoms with Gasteiger partial charge in [-0.05, 0) is 18.6 Å². The van der Waals surface area contributed by atoms with Crippen LogP contribution in [0, 0.1) is 0 Å². The number of carbonyl (C=O) groups excluding carboxylic acids is 2. The van der Waals surface area contributed by atoms with Gasteiger partial charge < -0.3 is 20.3 Å². The van der Waals surface area contributed by atoms with Gasteiger partial charge in [0.2, 0.25) is 5.91 Å². The first-order valence-electron chi connectivity index (χ1n) is 8.34. The van der Waals surface area contributed by atoms with E-state index >= 15 is 0 Å². The molecular weight excluding hydrogens is 354 g/mol. The molecule has 1 aliphatic heterocycles. The Hall–Kier alpha value is -2.52. The highest BCUT2D eigenvalue weighted by Gasteiger charge is 2.17. The van der Waals surface area contributed by atoms with Crippen molar-refractivity contribution in [2.45, 2.75) is 26.5 Å². The maximum atomic E-state index is 12.1. The summed E-state index contributed by atoms with van der Waals surface area (Å²) in [5, 5.41) is 7.39. The third-order valence-electron chi connectivity index (χ3n) is 3.85. The Bertz CT molecular complexity index is 777. The molecule has 0 saturated carbocycles. The lowest BCUT2D eigenvalue weighted by atomic mass is 10.2. The molecule has 0 spiro atoms. The number of rotatable bonds is 5. The number of aromatic nitrogens is 2. The molecule has 9 heteroatoms. The number of anilines is 2. The van der Waals surface area contributed by atoms with Crippen LogP contribution in [0.1, 0.15) is 29.9 Å². The molecule has 138 valence electrons. The van der Waals surface area contributed by atoms with Crippen molar-refractivity contribution >= 4 is 34.1 Å². The highest BCUT2D eigenvalue weighted by molar-refractivity contribution is 7.14. The highest BCUT2D eigenvalue weighted by Crippen LogP contribution is 2.17. The number of morpholine rings is 1. The van der Waals surface area contributed by atoms with Gasteiger partial charge in [-0.25, -0.2) is 9.97 Å². The van der Waals surface area contributed by atoms with E-state index < -0.39 is 0 Å². The van der Waals surface area contributed by atoms with Crippen molar-refractivity contribution in [3.05, 3.63) is 35.0 Å². The molecule has 2 N–H and O–H groups in total. The van der Waals surface area contributed by atoms with Gasteiger partial charge in [-0.15, -0.1) is 11.3 Å². The van der Waals surface area contributed by atoms with Crippen LogP contribution in [0.2, 0.25) is 0 Å². The molecule has 1 aliphatic rings. The predicted molar refractivity (Wildman–Crippen MR) is 99.5 cm³/mol. The standard InChI is InChI=1S/C17H21N5O3S/c1-11-9-22(5-6-25-11)15-4-3-13(7-18-15)8-19-16(24)14-10-26-17(21-14)20-12(2)23/h3-4,7,10-11H,5-6,8-9H2,1-2H3,(H,19,24)(H,20,21,23)/t11-/m0/s1. The Morgan fingerprint density at radius 3 is 2.96 bits per heavy atom. The number of nitrogens with one attached hydrogen (secondary N) is 2. The second kappa shape index (κ2) is 8.24. The van der Waals surface area contributed by atoms with Crippen molar-refractivity contribution in [1.29, 1.82) is 0 Å². The number of thiazole rings is 1. The summed E-state index contributed by atoms with van der Waals surface area (Å²) in [6.07, 6.45) is 1.96. The maximum absolute atomic E-state index is 12.1. The molecule has 0 radical (unpaired) electrons. The van der Waals surface area contributed by atoms with Gasteiger partial charge in [0, 0.05) is 38.1 Å². The SMILES string of the molecule is CC(=O)Nc1nc(C(=O)NCc2ccc(N3CCO[C@@H](C)C3)nc2)cs1. The first kappa shape index (κ1) is 18.3. The zero-order valence-electron chi connectivity index (χ0n) is 14.7. The summed E-state index contributed by atoms with van der Waals surface area (Å²) < 4.78 is 5.54. The quantitative estimate of drug-likeness (QED) is 0.825. The molecule has 0 unspecified atom stereocenters. The Labute approximate surface area is 155 Å². The molecule has 0 aliphatic carbocycles. The van der Waals surface area contributed by atoms with E-state index in [9.17, 15) is 9.59 Å². The van der Waals surface area contributed by atoms with Crippen molar-refractivity contribution in [1.82, 2.24) is 15.3 Å². The Morgan fingerprint density at radius 2 is 2.27 bits per heavy atom. The fourth-order valence-electron chi connectivity index (χ4n) is 2.59. The number of pyridine rings is 1. The molecule has 2 amide bonds.